The fraction of sp³-hybridized carbons (Fsp3) is 0.750. The fourth-order valence-corrected chi connectivity index (χ4v) is 1.28. The first-order valence-corrected chi connectivity index (χ1v) is 5.18. The van der Waals surface area contributed by atoms with Crippen molar-refractivity contribution in [3.63, 3.8) is 0 Å². The molecule has 0 amide bonds. The highest BCUT2D eigenvalue weighted by atomic mass is 14.7. The van der Waals surface area contributed by atoms with Crippen LogP contribution in [0.5, 0.6) is 0 Å². The molecule has 0 aliphatic heterocycles. The van der Waals surface area contributed by atoms with E-state index in [9.17, 15) is 0 Å². The summed E-state index contributed by atoms with van der Waals surface area (Å²) in [6.45, 7) is 11.0. The second-order valence-corrected chi connectivity index (χ2v) is 3.97. The van der Waals surface area contributed by atoms with Crippen LogP contribution in [-0.4, -0.2) is 12.8 Å². The minimum atomic E-state index is 0.581. The van der Waals surface area contributed by atoms with Crippen LogP contribution >= 0.6 is 0 Å². The van der Waals surface area contributed by atoms with E-state index in [1.54, 1.807) is 0 Å². The first-order valence-electron chi connectivity index (χ1n) is 5.18. The van der Waals surface area contributed by atoms with Crippen LogP contribution in [0.2, 0.25) is 0 Å². The molecule has 0 rings (SSSR count). The van der Waals surface area contributed by atoms with Crippen molar-refractivity contribution in [3.8, 4) is 0 Å². The largest absolute Gasteiger partial charge is 0.293 e. The molecule has 0 saturated carbocycles. The molecule has 0 heterocycles. The van der Waals surface area contributed by atoms with Gasteiger partial charge in [-0.15, -0.1) is 0 Å². The standard InChI is InChI=1S/C12H23N/c1-7-10(4)8-12(9(2)3)11(5)13-6/h8-10H,7H2,1-6H3/b12-8-,13-11-. The van der Waals surface area contributed by atoms with Crippen LogP contribution in [0.15, 0.2) is 16.6 Å². The molecule has 0 N–H and O–H groups in total. The first-order chi connectivity index (χ1) is 6.02. The van der Waals surface area contributed by atoms with E-state index in [2.05, 4.69) is 45.7 Å². The third-order valence-electron chi connectivity index (χ3n) is 2.48. The van der Waals surface area contributed by atoms with Crippen molar-refractivity contribution in [2.24, 2.45) is 16.8 Å². The second kappa shape index (κ2) is 5.95. The van der Waals surface area contributed by atoms with Crippen molar-refractivity contribution >= 4 is 5.71 Å². The van der Waals surface area contributed by atoms with Gasteiger partial charge in [0.15, 0.2) is 0 Å². The van der Waals surface area contributed by atoms with Crippen LogP contribution in [0.25, 0.3) is 0 Å². The van der Waals surface area contributed by atoms with Gasteiger partial charge < -0.3 is 0 Å². The molecule has 13 heavy (non-hydrogen) atoms. The van der Waals surface area contributed by atoms with Gasteiger partial charge in [0.2, 0.25) is 0 Å². The van der Waals surface area contributed by atoms with Crippen molar-refractivity contribution in [2.45, 2.75) is 41.0 Å². The van der Waals surface area contributed by atoms with Gasteiger partial charge in [-0.05, 0) is 24.3 Å². The summed E-state index contributed by atoms with van der Waals surface area (Å²) in [6, 6.07) is 0. The summed E-state index contributed by atoms with van der Waals surface area (Å²) >= 11 is 0. The quantitative estimate of drug-likeness (QED) is 0.586. The van der Waals surface area contributed by atoms with Crippen molar-refractivity contribution in [3.05, 3.63) is 11.6 Å². The number of hydrogen-bond acceptors (Lipinski definition) is 1. The van der Waals surface area contributed by atoms with Crippen LogP contribution in [0.1, 0.15) is 41.0 Å². The van der Waals surface area contributed by atoms with Crippen LogP contribution in [0, 0.1) is 11.8 Å². The van der Waals surface area contributed by atoms with Crippen LogP contribution in [-0.2, 0) is 0 Å². The summed E-state index contributed by atoms with van der Waals surface area (Å²) in [5.41, 5.74) is 2.58. The molecular formula is C12H23N. The van der Waals surface area contributed by atoms with Gasteiger partial charge in [0, 0.05) is 12.8 Å². The van der Waals surface area contributed by atoms with E-state index in [0.717, 1.165) is 0 Å². The molecule has 0 aliphatic carbocycles. The summed E-state index contributed by atoms with van der Waals surface area (Å²) in [5, 5.41) is 0. The summed E-state index contributed by atoms with van der Waals surface area (Å²) in [7, 11) is 1.86. The lowest BCUT2D eigenvalue weighted by Crippen LogP contribution is -2.06. The van der Waals surface area contributed by atoms with Gasteiger partial charge in [0.05, 0.1) is 0 Å². The van der Waals surface area contributed by atoms with Crippen LogP contribution in [0.4, 0.5) is 0 Å². The lowest BCUT2D eigenvalue weighted by atomic mass is 9.94. The Labute approximate surface area is 83.0 Å². The van der Waals surface area contributed by atoms with E-state index in [-0.39, 0.29) is 0 Å². The highest BCUT2D eigenvalue weighted by Gasteiger charge is 2.07. The lowest BCUT2D eigenvalue weighted by Gasteiger charge is -2.13. The van der Waals surface area contributed by atoms with Gasteiger partial charge >= 0.3 is 0 Å². The van der Waals surface area contributed by atoms with Gasteiger partial charge in [-0.25, -0.2) is 0 Å². The minimum Gasteiger partial charge on any atom is -0.293 e. The van der Waals surface area contributed by atoms with Crippen LogP contribution in [0.3, 0.4) is 0 Å². The average molecular weight is 181 g/mol. The summed E-state index contributed by atoms with van der Waals surface area (Å²) in [5.74, 6) is 1.24. The zero-order chi connectivity index (χ0) is 10.4. The Hall–Kier alpha value is -0.590. The van der Waals surface area contributed by atoms with Crippen molar-refractivity contribution in [1.29, 1.82) is 0 Å². The molecule has 0 fully saturated rings. The van der Waals surface area contributed by atoms with Gasteiger partial charge in [0.25, 0.3) is 0 Å². The molecule has 0 aliphatic rings. The highest BCUT2D eigenvalue weighted by Crippen LogP contribution is 2.16. The molecule has 1 unspecified atom stereocenters. The molecule has 1 nitrogen and oxygen atoms in total. The Balaban J connectivity index is 4.70. The van der Waals surface area contributed by atoms with E-state index < -0.39 is 0 Å². The highest BCUT2D eigenvalue weighted by molar-refractivity contribution is 5.98. The monoisotopic (exact) mass is 181 g/mol. The predicted octanol–water partition coefficient (Wildman–Crippen LogP) is 3.71. The van der Waals surface area contributed by atoms with E-state index >= 15 is 0 Å². The molecular weight excluding hydrogens is 158 g/mol. The number of nitrogens with zero attached hydrogens (tertiary/aromatic N) is 1. The summed E-state index contributed by atoms with van der Waals surface area (Å²) in [4.78, 5) is 4.25. The molecule has 0 aromatic rings. The average Bonchev–Trinajstić information content (AvgIpc) is 2.11. The molecule has 0 saturated heterocycles. The van der Waals surface area contributed by atoms with Gasteiger partial charge in [-0.1, -0.05) is 40.2 Å². The fourth-order valence-electron chi connectivity index (χ4n) is 1.28. The molecule has 0 spiro atoms. The Morgan fingerprint density at radius 1 is 1.31 bits per heavy atom. The van der Waals surface area contributed by atoms with Crippen molar-refractivity contribution in [2.75, 3.05) is 7.05 Å². The zero-order valence-corrected chi connectivity index (χ0v) is 9.89. The van der Waals surface area contributed by atoms with Crippen molar-refractivity contribution < 1.29 is 0 Å². The summed E-state index contributed by atoms with van der Waals surface area (Å²) in [6.07, 6.45) is 3.56. The lowest BCUT2D eigenvalue weighted by molar-refractivity contribution is 0.678. The maximum Gasteiger partial charge on any atom is 0.0345 e. The normalized spacial score (nSPS) is 16.5. The molecule has 1 atom stereocenters. The number of rotatable bonds is 4. The molecule has 0 bridgehead atoms. The van der Waals surface area contributed by atoms with Gasteiger partial charge in [-0.3, -0.25) is 4.99 Å². The zero-order valence-electron chi connectivity index (χ0n) is 9.89. The second-order valence-electron chi connectivity index (χ2n) is 3.97. The SMILES string of the molecule is CCC(C)/C=C(\C(C)=N/C)C(C)C. The maximum absolute atomic E-state index is 4.25. The predicted molar refractivity (Wildman–Crippen MR) is 61.4 cm³/mol. The molecule has 1 heteroatoms. The Morgan fingerprint density at radius 2 is 1.85 bits per heavy atom. The number of aliphatic imine (C=N–C) groups is 1. The first kappa shape index (κ1) is 12.4. The van der Waals surface area contributed by atoms with E-state index in [1.165, 1.54) is 17.7 Å². The van der Waals surface area contributed by atoms with Gasteiger partial charge in [0.1, 0.15) is 0 Å². The Kier molecular flexibility index (Phi) is 5.68. The third kappa shape index (κ3) is 4.25. The maximum atomic E-state index is 4.25. The minimum absolute atomic E-state index is 0.581. The Bertz CT molecular complexity index is 199. The molecule has 0 aromatic carbocycles. The Morgan fingerprint density at radius 3 is 2.15 bits per heavy atom. The van der Waals surface area contributed by atoms with E-state index in [0.29, 0.717) is 11.8 Å². The summed E-state index contributed by atoms with van der Waals surface area (Å²) < 4.78 is 0. The topological polar surface area (TPSA) is 12.4 Å². The van der Waals surface area contributed by atoms with Gasteiger partial charge in [-0.2, -0.15) is 0 Å². The van der Waals surface area contributed by atoms with E-state index in [1.807, 2.05) is 7.05 Å². The number of hydrogen-bond donors (Lipinski definition) is 0. The third-order valence-corrected chi connectivity index (χ3v) is 2.48. The van der Waals surface area contributed by atoms with E-state index in [4.69, 9.17) is 0 Å². The molecule has 76 valence electrons. The molecule has 0 aromatic heterocycles. The van der Waals surface area contributed by atoms with Crippen molar-refractivity contribution in [1.82, 2.24) is 0 Å². The molecule has 0 radical (unpaired) electrons. The smallest absolute Gasteiger partial charge is 0.0345 e. The number of allylic oxidation sites excluding steroid dienone is 2. The van der Waals surface area contributed by atoms with Crippen LogP contribution < -0.4 is 0 Å².